The normalized spacial score (nSPS) is 19.9. The van der Waals surface area contributed by atoms with Gasteiger partial charge in [0.2, 0.25) is 0 Å². The lowest BCUT2D eigenvalue weighted by atomic mass is 9.96. The number of thioether (sulfide) groups is 1. The van der Waals surface area contributed by atoms with E-state index in [0.717, 1.165) is 22.3 Å². The Kier molecular flexibility index (Phi) is 3.36. The van der Waals surface area contributed by atoms with Crippen molar-refractivity contribution in [3.63, 3.8) is 0 Å². The van der Waals surface area contributed by atoms with E-state index in [2.05, 4.69) is 0 Å². The number of aliphatic hydroxyl groups excluding tert-OH is 1. The van der Waals surface area contributed by atoms with Crippen LogP contribution in [0.3, 0.4) is 0 Å². The second-order valence-corrected chi connectivity index (χ2v) is 5.97. The lowest BCUT2D eigenvalue weighted by molar-refractivity contribution is 0.102. The van der Waals surface area contributed by atoms with E-state index in [4.69, 9.17) is 0 Å². The molecule has 0 fully saturated rings. The van der Waals surface area contributed by atoms with Gasteiger partial charge in [-0.15, -0.1) is 11.8 Å². The average Bonchev–Trinajstić information content (AvgIpc) is 2.48. The average molecular weight is 282 g/mol. The third kappa shape index (κ3) is 2.14. The Bertz CT molecular complexity index is 689. The van der Waals surface area contributed by atoms with Crippen LogP contribution in [-0.4, -0.2) is 10.9 Å². The molecule has 1 aliphatic heterocycles. The van der Waals surface area contributed by atoms with Crippen LogP contribution in [0.2, 0.25) is 0 Å². The minimum absolute atomic E-state index is 0.0844. The highest BCUT2D eigenvalue weighted by molar-refractivity contribution is 8.00. The van der Waals surface area contributed by atoms with Gasteiger partial charge in [0.05, 0.1) is 17.1 Å². The number of benzene rings is 2. The number of hydrogen-bond donors (Lipinski definition) is 1. The summed E-state index contributed by atoms with van der Waals surface area (Å²) in [6.45, 7) is 1.96. The Labute approximate surface area is 122 Å². The third-order valence-electron chi connectivity index (χ3n) is 3.41. The van der Waals surface area contributed by atoms with E-state index in [1.165, 1.54) is 0 Å². The van der Waals surface area contributed by atoms with Crippen molar-refractivity contribution in [3.8, 4) is 0 Å². The standard InChI is InChI=1S/C17H14O2S/c1-11-7-8-15-13(9-11)16(19)14(10-18)17(20-15)12-5-3-2-4-6-12/h2-10,17-18H,1H3. The summed E-state index contributed by atoms with van der Waals surface area (Å²) in [6.07, 6.45) is 0.957. The van der Waals surface area contributed by atoms with Crippen LogP contribution in [0.5, 0.6) is 0 Å². The summed E-state index contributed by atoms with van der Waals surface area (Å²) in [7, 11) is 0. The van der Waals surface area contributed by atoms with Crippen molar-refractivity contribution in [3.05, 3.63) is 77.1 Å². The minimum Gasteiger partial charge on any atom is -0.515 e. The first-order valence-electron chi connectivity index (χ1n) is 6.42. The molecule has 2 aromatic carbocycles. The topological polar surface area (TPSA) is 37.3 Å². The van der Waals surface area contributed by atoms with E-state index in [9.17, 15) is 9.90 Å². The van der Waals surface area contributed by atoms with Crippen molar-refractivity contribution in [1.82, 2.24) is 0 Å². The highest BCUT2D eigenvalue weighted by Gasteiger charge is 2.32. The predicted octanol–water partition coefficient (Wildman–Crippen LogP) is 4.47. The molecule has 3 heteroatoms. The zero-order chi connectivity index (χ0) is 14.1. The maximum absolute atomic E-state index is 12.5. The number of carbonyl (C=O) groups is 1. The number of carbonyl (C=O) groups excluding carboxylic acids is 1. The number of aliphatic hydroxyl groups is 1. The second-order valence-electron chi connectivity index (χ2n) is 4.82. The van der Waals surface area contributed by atoms with Crippen LogP contribution in [-0.2, 0) is 0 Å². The van der Waals surface area contributed by atoms with Gasteiger partial charge in [-0.3, -0.25) is 4.79 Å². The number of fused-ring (bicyclic) bond motifs is 1. The van der Waals surface area contributed by atoms with E-state index in [0.29, 0.717) is 11.1 Å². The van der Waals surface area contributed by atoms with Gasteiger partial charge in [0, 0.05) is 10.5 Å². The summed E-state index contributed by atoms with van der Waals surface area (Å²) in [5, 5.41) is 9.34. The van der Waals surface area contributed by atoms with Gasteiger partial charge in [-0.05, 0) is 24.6 Å². The van der Waals surface area contributed by atoms with Crippen LogP contribution in [0.1, 0.15) is 26.7 Å². The van der Waals surface area contributed by atoms with Gasteiger partial charge in [0.15, 0.2) is 5.78 Å². The van der Waals surface area contributed by atoms with E-state index in [1.807, 2.05) is 55.5 Å². The second kappa shape index (κ2) is 5.17. The Morgan fingerprint density at radius 1 is 1.15 bits per heavy atom. The first-order chi connectivity index (χ1) is 9.70. The fourth-order valence-electron chi connectivity index (χ4n) is 2.39. The summed E-state index contributed by atoms with van der Waals surface area (Å²) in [6, 6.07) is 15.7. The SMILES string of the molecule is Cc1ccc2c(c1)C(=O)C(=CO)C(c1ccccc1)S2. The fraction of sp³-hybridized carbons (Fsp3) is 0.118. The molecule has 1 heterocycles. The van der Waals surface area contributed by atoms with Crippen molar-refractivity contribution in [2.75, 3.05) is 0 Å². The van der Waals surface area contributed by atoms with E-state index < -0.39 is 0 Å². The van der Waals surface area contributed by atoms with Crippen molar-refractivity contribution in [2.45, 2.75) is 17.1 Å². The van der Waals surface area contributed by atoms with Crippen molar-refractivity contribution < 1.29 is 9.90 Å². The van der Waals surface area contributed by atoms with Gasteiger partial charge in [0.25, 0.3) is 0 Å². The van der Waals surface area contributed by atoms with Gasteiger partial charge in [-0.25, -0.2) is 0 Å². The van der Waals surface area contributed by atoms with Crippen molar-refractivity contribution in [1.29, 1.82) is 0 Å². The van der Waals surface area contributed by atoms with Crippen LogP contribution < -0.4 is 0 Å². The monoisotopic (exact) mass is 282 g/mol. The predicted molar refractivity (Wildman–Crippen MR) is 81.3 cm³/mol. The first-order valence-corrected chi connectivity index (χ1v) is 7.30. The largest absolute Gasteiger partial charge is 0.515 e. The molecule has 0 saturated heterocycles. The molecule has 0 radical (unpaired) electrons. The molecule has 20 heavy (non-hydrogen) atoms. The zero-order valence-electron chi connectivity index (χ0n) is 11.0. The summed E-state index contributed by atoms with van der Waals surface area (Å²) in [5.41, 5.74) is 3.20. The molecule has 1 unspecified atom stereocenters. The molecule has 0 saturated carbocycles. The van der Waals surface area contributed by atoms with Gasteiger partial charge >= 0.3 is 0 Å². The molecule has 1 aliphatic rings. The van der Waals surface area contributed by atoms with Crippen molar-refractivity contribution in [2.24, 2.45) is 0 Å². The summed E-state index contributed by atoms with van der Waals surface area (Å²) in [5.74, 6) is -0.0844. The van der Waals surface area contributed by atoms with Crippen LogP contribution in [0.15, 0.2) is 65.3 Å². The van der Waals surface area contributed by atoms with Crippen LogP contribution >= 0.6 is 11.8 Å². The Morgan fingerprint density at radius 2 is 1.90 bits per heavy atom. The molecule has 0 amide bonds. The van der Waals surface area contributed by atoms with Crippen molar-refractivity contribution >= 4 is 17.5 Å². The van der Waals surface area contributed by atoms with Crippen LogP contribution in [0, 0.1) is 6.92 Å². The van der Waals surface area contributed by atoms with E-state index in [1.54, 1.807) is 11.8 Å². The highest BCUT2D eigenvalue weighted by atomic mass is 32.2. The molecule has 3 rings (SSSR count). The molecule has 1 N–H and O–H groups in total. The molecule has 0 spiro atoms. The zero-order valence-corrected chi connectivity index (χ0v) is 11.9. The Hall–Kier alpha value is -2.00. The maximum Gasteiger partial charge on any atom is 0.194 e. The van der Waals surface area contributed by atoms with E-state index >= 15 is 0 Å². The number of hydrogen-bond acceptors (Lipinski definition) is 3. The van der Waals surface area contributed by atoms with Crippen LogP contribution in [0.4, 0.5) is 0 Å². The van der Waals surface area contributed by atoms with Gasteiger partial charge < -0.3 is 5.11 Å². The van der Waals surface area contributed by atoms with E-state index in [-0.39, 0.29) is 11.0 Å². The summed E-state index contributed by atoms with van der Waals surface area (Å²) < 4.78 is 0. The Balaban J connectivity index is 2.11. The van der Waals surface area contributed by atoms with Gasteiger partial charge in [-0.1, -0.05) is 42.0 Å². The molecule has 2 aromatic rings. The lowest BCUT2D eigenvalue weighted by Crippen LogP contribution is -2.16. The Morgan fingerprint density at radius 3 is 2.60 bits per heavy atom. The smallest absolute Gasteiger partial charge is 0.194 e. The molecular formula is C17H14O2S. The minimum atomic E-state index is -0.149. The molecule has 0 aliphatic carbocycles. The molecule has 0 aromatic heterocycles. The molecule has 0 bridgehead atoms. The highest BCUT2D eigenvalue weighted by Crippen LogP contribution is 2.47. The van der Waals surface area contributed by atoms with Gasteiger partial charge in [-0.2, -0.15) is 0 Å². The number of Topliss-reactive ketones (excluding diaryl/α,β-unsaturated/α-hetero) is 1. The van der Waals surface area contributed by atoms with Gasteiger partial charge in [0.1, 0.15) is 0 Å². The first kappa shape index (κ1) is 13.0. The maximum atomic E-state index is 12.5. The molecule has 1 atom stereocenters. The summed E-state index contributed by atoms with van der Waals surface area (Å²) in [4.78, 5) is 13.5. The summed E-state index contributed by atoms with van der Waals surface area (Å²) >= 11 is 1.61. The third-order valence-corrected chi connectivity index (χ3v) is 4.78. The quantitative estimate of drug-likeness (QED) is 0.619. The molecule has 100 valence electrons. The molecular weight excluding hydrogens is 268 g/mol. The lowest BCUT2D eigenvalue weighted by Gasteiger charge is -2.25. The molecule has 2 nitrogen and oxygen atoms in total. The number of ketones is 1. The fourth-order valence-corrected chi connectivity index (χ4v) is 3.66. The number of rotatable bonds is 1. The number of aryl methyl sites for hydroxylation is 1. The van der Waals surface area contributed by atoms with Crippen LogP contribution in [0.25, 0.3) is 0 Å².